The molecular formula is C14H17NO4P+. The number of aliphatic hydroxyl groups excluding tert-OH is 1. The highest BCUT2D eigenvalue weighted by Gasteiger charge is 2.53. The maximum Gasteiger partial charge on any atom is 0.371 e. The zero-order valence-electron chi connectivity index (χ0n) is 11.4. The summed E-state index contributed by atoms with van der Waals surface area (Å²) in [6.07, 6.45) is 4.03. The van der Waals surface area contributed by atoms with E-state index in [-0.39, 0.29) is 15.7 Å². The fourth-order valence-electron chi connectivity index (χ4n) is 2.96. The van der Waals surface area contributed by atoms with Crippen molar-refractivity contribution < 1.29 is 18.7 Å². The van der Waals surface area contributed by atoms with Crippen LogP contribution in [-0.2, 0) is 13.6 Å². The lowest BCUT2D eigenvalue weighted by molar-refractivity contribution is 0.245. The van der Waals surface area contributed by atoms with Gasteiger partial charge in [-0.05, 0) is 18.2 Å². The van der Waals surface area contributed by atoms with Crippen LogP contribution in [0.5, 0.6) is 0 Å². The first kappa shape index (κ1) is 13.6. The highest BCUT2D eigenvalue weighted by Crippen LogP contribution is 2.65. The molecule has 0 unspecified atom stereocenters. The van der Waals surface area contributed by atoms with Crippen LogP contribution in [0.2, 0.25) is 0 Å². The quantitative estimate of drug-likeness (QED) is 0.528. The van der Waals surface area contributed by atoms with Gasteiger partial charge in [0.2, 0.25) is 0 Å². The molecule has 3 rings (SSSR count). The average molecular weight is 294 g/mol. The zero-order chi connectivity index (χ0) is 14.4. The lowest BCUT2D eigenvalue weighted by Crippen LogP contribution is -2.44. The number of rotatable bonds is 3. The highest BCUT2D eigenvalue weighted by molar-refractivity contribution is 7.65. The minimum Gasteiger partial charge on any atom is -0.466 e. The lowest BCUT2D eigenvalue weighted by atomic mass is 10.2. The Kier molecular flexibility index (Phi) is 3.10. The lowest BCUT2D eigenvalue weighted by Gasteiger charge is -2.28. The third-order valence-electron chi connectivity index (χ3n) is 3.99. The summed E-state index contributed by atoms with van der Waals surface area (Å²) in [7, 11) is -0.847. The maximum atomic E-state index is 12.8. The van der Waals surface area contributed by atoms with E-state index in [4.69, 9.17) is 9.05 Å². The number of fused-ring (bicyclic) bond motifs is 2. The first-order valence-electron chi connectivity index (χ1n) is 6.37. The molecule has 0 aromatic heterocycles. The first-order chi connectivity index (χ1) is 9.59. The van der Waals surface area contributed by atoms with Crippen LogP contribution in [0, 0.1) is 0 Å². The molecule has 2 aliphatic rings. The van der Waals surface area contributed by atoms with Gasteiger partial charge in [-0.1, -0.05) is 12.1 Å². The molecule has 1 N–H and O–H groups in total. The third kappa shape index (κ3) is 1.58. The van der Waals surface area contributed by atoms with E-state index in [9.17, 15) is 9.67 Å². The van der Waals surface area contributed by atoms with Crippen LogP contribution in [0.15, 0.2) is 42.3 Å². The van der Waals surface area contributed by atoms with Crippen LogP contribution in [0.3, 0.4) is 0 Å². The van der Waals surface area contributed by atoms with Gasteiger partial charge >= 0.3 is 13.5 Å². The Morgan fingerprint density at radius 2 is 1.75 bits per heavy atom. The molecule has 5 nitrogen and oxygen atoms in total. The number of hydrogen-bond donors (Lipinski definition) is 1. The molecule has 0 aliphatic carbocycles. The van der Waals surface area contributed by atoms with E-state index in [2.05, 4.69) is 0 Å². The van der Waals surface area contributed by atoms with Gasteiger partial charge in [0.25, 0.3) is 0 Å². The van der Waals surface area contributed by atoms with Gasteiger partial charge in [-0.2, -0.15) is 0 Å². The number of hydrogen-bond acceptors (Lipinski definition) is 4. The van der Waals surface area contributed by atoms with Crippen LogP contribution >= 0.6 is 7.60 Å². The van der Waals surface area contributed by atoms with Crippen molar-refractivity contribution in [2.75, 3.05) is 27.3 Å². The summed E-state index contributed by atoms with van der Waals surface area (Å²) >= 11 is 0. The second-order valence-electron chi connectivity index (χ2n) is 4.86. The Morgan fingerprint density at radius 1 is 1.15 bits per heavy atom. The van der Waals surface area contributed by atoms with Gasteiger partial charge in [0.1, 0.15) is 18.8 Å². The minimum atomic E-state index is -3.51. The van der Waals surface area contributed by atoms with E-state index >= 15 is 0 Å². The maximum absolute atomic E-state index is 12.8. The van der Waals surface area contributed by atoms with Crippen molar-refractivity contribution in [1.82, 2.24) is 4.48 Å². The molecule has 1 aromatic carbocycles. The van der Waals surface area contributed by atoms with Crippen molar-refractivity contribution in [1.29, 1.82) is 0 Å². The van der Waals surface area contributed by atoms with Crippen LogP contribution in [0.1, 0.15) is 5.56 Å². The van der Waals surface area contributed by atoms with Gasteiger partial charge in [0, 0.05) is 20.3 Å². The average Bonchev–Trinajstić information content (AvgIpc) is 3.06. The molecule has 0 fully saturated rings. The summed E-state index contributed by atoms with van der Waals surface area (Å²) in [5.41, 5.74) is 1.67. The second kappa shape index (κ2) is 4.57. The van der Waals surface area contributed by atoms with Crippen LogP contribution < -0.4 is 4.48 Å². The van der Waals surface area contributed by atoms with E-state index in [1.165, 1.54) is 14.2 Å². The van der Waals surface area contributed by atoms with Crippen LogP contribution in [0.4, 0.5) is 5.69 Å². The summed E-state index contributed by atoms with van der Waals surface area (Å²) in [6.45, 7) is 1.28. The molecule has 0 atom stereocenters. The minimum absolute atomic E-state index is 0.0585. The molecule has 0 radical (unpaired) electrons. The summed E-state index contributed by atoms with van der Waals surface area (Å²) in [5, 5.41) is 11.0. The standard InChI is InChI=1S/C14H16NO4P/c1-18-20(17,19-2)13-11-7-3-4-8-12(11)15(14(13)16)9-5-6-10-15/h3-8H,9-10H2,1-2H3/p+1. The van der Waals surface area contributed by atoms with Gasteiger partial charge in [-0.25, -0.2) is 4.48 Å². The van der Waals surface area contributed by atoms with Crippen LogP contribution in [-0.4, -0.2) is 32.4 Å². The Morgan fingerprint density at radius 3 is 2.35 bits per heavy atom. The first-order valence-corrected chi connectivity index (χ1v) is 7.91. The fraction of sp³-hybridized carbons (Fsp3) is 0.286. The number of quaternary nitrogens is 1. The summed E-state index contributed by atoms with van der Waals surface area (Å²) in [6, 6.07) is 7.56. The molecule has 1 aromatic rings. The third-order valence-corrected chi connectivity index (χ3v) is 5.94. The molecule has 6 heteroatoms. The predicted molar refractivity (Wildman–Crippen MR) is 78.3 cm³/mol. The number of aliphatic hydroxyl groups is 1. The number of nitrogens with zero attached hydrogens (tertiary/aromatic N) is 1. The number of benzene rings is 1. The van der Waals surface area contributed by atoms with E-state index in [1.807, 2.05) is 36.4 Å². The van der Waals surface area contributed by atoms with Crippen molar-refractivity contribution >= 4 is 18.6 Å². The van der Waals surface area contributed by atoms with E-state index < -0.39 is 7.60 Å². The number of para-hydroxylation sites is 1. The SMILES string of the molecule is COP(=O)(OC)C1=C(O)[N+]2(CC=CC2)c2ccccc21. The molecule has 106 valence electrons. The van der Waals surface area contributed by atoms with Gasteiger partial charge in [0.15, 0.2) is 5.31 Å². The molecule has 0 saturated carbocycles. The highest BCUT2D eigenvalue weighted by atomic mass is 31.2. The van der Waals surface area contributed by atoms with E-state index in [0.717, 1.165) is 11.3 Å². The van der Waals surface area contributed by atoms with Gasteiger partial charge in [-0.15, -0.1) is 0 Å². The Hall–Kier alpha value is -1.39. The summed E-state index contributed by atoms with van der Waals surface area (Å²) in [4.78, 5) is 0. The molecule has 2 heterocycles. The van der Waals surface area contributed by atoms with Crippen molar-refractivity contribution in [3.05, 3.63) is 47.9 Å². The van der Waals surface area contributed by atoms with Gasteiger partial charge < -0.3 is 14.2 Å². The molecule has 2 aliphatic heterocycles. The second-order valence-corrected chi connectivity index (χ2v) is 7.03. The topological polar surface area (TPSA) is 55.8 Å². The molecular weight excluding hydrogens is 277 g/mol. The summed E-state index contributed by atoms with van der Waals surface area (Å²) in [5.74, 6) is 0.0585. The van der Waals surface area contributed by atoms with Gasteiger partial charge in [0.05, 0.1) is 5.56 Å². The van der Waals surface area contributed by atoms with Crippen molar-refractivity contribution in [3.63, 3.8) is 0 Å². The van der Waals surface area contributed by atoms with Crippen LogP contribution in [0.25, 0.3) is 5.31 Å². The van der Waals surface area contributed by atoms with E-state index in [0.29, 0.717) is 13.1 Å². The Balaban J connectivity index is 2.28. The molecule has 0 saturated heterocycles. The Labute approximate surface area is 117 Å². The monoisotopic (exact) mass is 294 g/mol. The fourth-order valence-corrected chi connectivity index (χ4v) is 4.40. The zero-order valence-corrected chi connectivity index (χ0v) is 12.3. The Bertz CT molecular complexity index is 649. The normalized spacial score (nSPS) is 19.9. The summed E-state index contributed by atoms with van der Waals surface area (Å²) < 4.78 is 23.2. The molecule has 0 bridgehead atoms. The van der Waals surface area contributed by atoms with Crippen molar-refractivity contribution in [3.8, 4) is 0 Å². The predicted octanol–water partition coefficient (Wildman–Crippen LogP) is 3.25. The van der Waals surface area contributed by atoms with E-state index in [1.54, 1.807) is 0 Å². The smallest absolute Gasteiger partial charge is 0.371 e. The largest absolute Gasteiger partial charge is 0.466 e. The van der Waals surface area contributed by atoms with Crippen molar-refractivity contribution in [2.24, 2.45) is 0 Å². The molecule has 0 amide bonds. The molecule has 20 heavy (non-hydrogen) atoms. The molecule has 1 spiro atoms. The van der Waals surface area contributed by atoms with Crippen molar-refractivity contribution in [2.45, 2.75) is 0 Å². The van der Waals surface area contributed by atoms with Gasteiger partial charge in [-0.3, -0.25) is 4.57 Å².